The molecule has 630 valence electrons. The van der Waals surface area contributed by atoms with E-state index in [9.17, 15) is 43.2 Å². The van der Waals surface area contributed by atoms with Crippen LogP contribution in [0, 0.1) is 5.92 Å². The van der Waals surface area contributed by atoms with Crippen LogP contribution in [0.1, 0.15) is 471 Å². The van der Waals surface area contributed by atoms with Crippen molar-refractivity contribution in [1.29, 1.82) is 0 Å². The Bertz CT molecular complexity index is 2010. The summed E-state index contributed by atoms with van der Waals surface area (Å²) >= 11 is 0. The zero-order valence-corrected chi connectivity index (χ0v) is 71.4. The number of rotatable bonds is 87. The number of carbonyl (C=O) groups excluding carboxylic acids is 4. The normalized spacial score (nSPS) is 13.7. The van der Waals surface area contributed by atoms with Gasteiger partial charge in [0.2, 0.25) is 0 Å². The lowest BCUT2D eigenvalue weighted by Crippen LogP contribution is -2.30. The van der Waals surface area contributed by atoms with Gasteiger partial charge in [0.15, 0.2) is 12.2 Å². The van der Waals surface area contributed by atoms with E-state index in [0.717, 1.165) is 95.8 Å². The maximum atomic E-state index is 13.2. The first-order valence-electron chi connectivity index (χ1n) is 45.1. The molecule has 0 saturated carbocycles. The second-order valence-corrected chi connectivity index (χ2v) is 34.7. The van der Waals surface area contributed by atoms with Crippen LogP contribution in [0.3, 0.4) is 0 Å². The van der Waals surface area contributed by atoms with Gasteiger partial charge in [-0.25, -0.2) is 9.13 Å². The van der Waals surface area contributed by atoms with Crippen molar-refractivity contribution in [2.45, 2.75) is 490 Å². The lowest BCUT2D eigenvalue weighted by molar-refractivity contribution is -0.161. The van der Waals surface area contributed by atoms with Crippen molar-refractivity contribution in [2.24, 2.45) is 5.92 Å². The van der Waals surface area contributed by atoms with Crippen LogP contribution in [0.2, 0.25) is 0 Å². The number of phosphoric acid groups is 2. The van der Waals surface area contributed by atoms with E-state index < -0.39 is 97.5 Å². The Morgan fingerprint density at radius 3 is 0.642 bits per heavy atom. The van der Waals surface area contributed by atoms with Crippen LogP contribution in [0.15, 0.2) is 0 Å². The van der Waals surface area contributed by atoms with Crippen LogP contribution in [-0.4, -0.2) is 96.7 Å². The molecule has 17 nitrogen and oxygen atoms in total. The Balaban J connectivity index is 5.22. The molecule has 106 heavy (non-hydrogen) atoms. The van der Waals surface area contributed by atoms with Crippen LogP contribution >= 0.6 is 15.6 Å². The highest BCUT2D eigenvalue weighted by Gasteiger charge is 2.30. The van der Waals surface area contributed by atoms with E-state index in [1.807, 2.05) is 0 Å². The molecule has 0 aliphatic heterocycles. The van der Waals surface area contributed by atoms with Gasteiger partial charge in [-0.15, -0.1) is 0 Å². The van der Waals surface area contributed by atoms with Gasteiger partial charge >= 0.3 is 39.5 Å². The topological polar surface area (TPSA) is 237 Å². The summed E-state index contributed by atoms with van der Waals surface area (Å²) in [5, 5.41) is 10.7. The van der Waals surface area contributed by atoms with E-state index in [0.29, 0.717) is 25.7 Å². The van der Waals surface area contributed by atoms with Gasteiger partial charge < -0.3 is 33.8 Å². The summed E-state index contributed by atoms with van der Waals surface area (Å²) in [5.74, 6) is -1.30. The predicted molar refractivity (Wildman–Crippen MR) is 437 cm³/mol. The molecular weight excluding hydrogens is 1380 g/mol. The number of phosphoric ester groups is 2. The fourth-order valence-corrected chi connectivity index (χ4v) is 15.2. The third-order valence-electron chi connectivity index (χ3n) is 20.5. The molecule has 0 heterocycles. The average Bonchev–Trinajstić information content (AvgIpc) is 0.921. The van der Waals surface area contributed by atoms with Crippen molar-refractivity contribution >= 4 is 39.5 Å². The van der Waals surface area contributed by atoms with Crippen LogP contribution < -0.4 is 0 Å². The Hall–Kier alpha value is -1.94. The molecule has 0 aromatic heterocycles. The zero-order valence-electron chi connectivity index (χ0n) is 69.6. The van der Waals surface area contributed by atoms with E-state index >= 15 is 0 Å². The van der Waals surface area contributed by atoms with Crippen molar-refractivity contribution in [3.05, 3.63) is 0 Å². The Kier molecular flexibility index (Phi) is 78.2. The van der Waals surface area contributed by atoms with Crippen LogP contribution in [0.5, 0.6) is 0 Å². The van der Waals surface area contributed by atoms with Gasteiger partial charge in [-0.1, -0.05) is 420 Å². The van der Waals surface area contributed by atoms with Crippen molar-refractivity contribution in [2.75, 3.05) is 39.6 Å². The summed E-state index contributed by atoms with van der Waals surface area (Å²) in [5.41, 5.74) is 0. The molecule has 0 aromatic rings. The summed E-state index contributed by atoms with van der Waals surface area (Å²) in [4.78, 5) is 73.2. The summed E-state index contributed by atoms with van der Waals surface area (Å²) in [7, 11) is -9.93. The second kappa shape index (κ2) is 79.7. The zero-order chi connectivity index (χ0) is 77.6. The molecule has 0 amide bonds. The fourth-order valence-electron chi connectivity index (χ4n) is 13.6. The minimum Gasteiger partial charge on any atom is -0.462 e. The lowest BCUT2D eigenvalue weighted by atomic mass is 10.0. The third kappa shape index (κ3) is 80.1. The molecule has 0 bridgehead atoms. The maximum absolute atomic E-state index is 13.2. The molecule has 0 radical (unpaired) electrons. The Labute approximate surface area is 651 Å². The molecule has 0 rings (SSSR count). The Morgan fingerprint density at radius 1 is 0.255 bits per heavy atom. The quantitative estimate of drug-likeness (QED) is 0.0222. The lowest BCUT2D eigenvalue weighted by Gasteiger charge is -2.21. The first-order chi connectivity index (χ1) is 51.5. The number of carbonyl (C=O) groups is 4. The smallest absolute Gasteiger partial charge is 0.462 e. The average molecular weight is 1550 g/mol. The third-order valence-corrected chi connectivity index (χ3v) is 22.4. The number of hydrogen-bond donors (Lipinski definition) is 3. The van der Waals surface area contributed by atoms with Gasteiger partial charge in [-0.2, -0.15) is 0 Å². The van der Waals surface area contributed by atoms with Crippen LogP contribution in [0.25, 0.3) is 0 Å². The van der Waals surface area contributed by atoms with Gasteiger partial charge in [-0.3, -0.25) is 37.3 Å². The van der Waals surface area contributed by atoms with Crippen LogP contribution in [-0.2, 0) is 65.4 Å². The second-order valence-electron chi connectivity index (χ2n) is 31.8. The summed E-state index contributed by atoms with van der Waals surface area (Å²) in [6.07, 6.45) is 73.6. The van der Waals surface area contributed by atoms with Crippen molar-refractivity contribution in [3.8, 4) is 0 Å². The largest absolute Gasteiger partial charge is 0.472 e. The number of ether oxygens (including phenoxy) is 4. The van der Waals surface area contributed by atoms with Gasteiger partial charge in [0.25, 0.3) is 0 Å². The van der Waals surface area contributed by atoms with Crippen molar-refractivity contribution < 1.29 is 80.2 Å². The van der Waals surface area contributed by atoms with Gasteiger partial charge in [0.1, 0.15) is 19.3 Å². The molecular formula is C87H170O17P2. The molecule has 0 aliphatic carbocycles. The fraction of sp³-hybridized carbons (Fsp3) is 0.954. The van der Waals surface area contributed by atoms with Gasteiger partial charge in [0.05, 0.1) is 26.4 Å². The van der Waals surface area contributed by atoms with Crippen molar-refractivity contribution in [1.82, 2.24) is 0 Å². The Morgan fingerprint density at radius 2 is 0.434 bits per heavy atom. The van der Waals surface area contributed by atoms with Crippen molar-refractivity contribution in [3.63, 3.8) is 0 Å². The highest BCUT2D eigenvalue weighted by Crippen LogP contribution is 2.45. The molecule has 19 heteroatoms. The highest BCUT2D eigenvalue weighted by molar-refractivity contribution is 7.47. The standard InChI is InChI=1S/C87H170O17P2/c1-6-9-12-15-18-21-24-26-28-30-32-34-38-42-46-51-56-61-66-71-85(90)98-77-83(104-87(92)72-67-62-57-52-47-43-39-35-33-31-29-27-25-22-19-16-13-10-7-2)79-102-106(95,96)100-75-81(88)74-99-105(93,94)101-78-82(76-97-84(89)70-65-60-55-50-23-20-17-14-11-8-3)103-86(91)73-68-63-58-53-48-44-40-36-37-41-45-49-54-59-64-69-80(4)5/h80-83,88H,6-79H2,1-5H3,(H,93,94)(H,95,96)/t81-,82+,83+/m0/s1. The number of esters is 4. The van der Waals surface area contributed by atoms with E-state index in [1.54, 1.807) is 0 Å². The number of unbranched alkanes of at least 4 members (excludes halogenated alkanes) is 59. The highest BCUT2D eigenvalue weighted by atomic mass is 31.2. The first-order valence-corrected chi connectivity index (χ1v) is 48.1. The molecule has 5 atom stereocenters. The van der Waals surface area contributed by atoms with Gasteiger partial charge in [-0.05, 0) is 31.6 Å². The van der Waals surface area contributed by atoms with E-state index in [4.69, 9.17) is 37.0 Å². The minimum atomic E-state index is -4.97. The maximum Gasteiger partial charge on any atom is 0.472 e. The molecule has 3 N–H and O–H groups in total. The van der Waals surface area contributed by atoms with Gasteiger partial charge in [0, 0.05) is 25.7 Å². The van der Waals surface area contributed by atoms with E-state index in [-0.39, 0.29) is 25.7 Å². The first kappa shape index (κ1) is 104. The molecule has 0 aliphatic rings. The molecule has 0 spiro atoms. The summed E-state index contributed by atoms with van der Waals surface area (Å²) < 4.78 is 68.9. The minimum absolute atomic E-state index is 0.108. The summed E-state index contributed by atoms with van der Waals surface area (Å²) in [6.45, 7) is 7.39. The molecule has 0 fully saturated rings. The van der Waals surface area contributed by atoms with Crippen LogP contribution in [0.4, 0.5) is 0 Å². The molecule has 2 unspecified atom stereocenters. The van der Waals surface area contributed by atoms with E-state index in [1.165, 1.54) is 295 Å². The number of aliphatic hydroxyl groups excluding tert-OH is 1. The monoisotopic (exact) mass is 1550 g/mol. The predicted octanol–water partition coefficient (Wildman–Crippen LogP) is 26.8. The number of aliphatic hydroxyl groups is 1. The molecule has 0 aromatic carbocycles. The van der Waals surface area contributed by atoms with E-state index in [2.05, 4.69) is 34.6 Å². The summed E-state index contributed by atoms with van der Waals surface area (Å²) in [6, 6.07) is 0. The number of hydrogen-bond acceptors (Lipinski definition) is 15. The molecule has 0 saturated heterocycles. The SMILES string of the molecule is CCCCCCCCCCCCCCCCCCCCCC(=O)OC[C@H](COP(=O)(O)OC[C@@H](O)COP(=O)(O)OC[C@@H](COC(=O)CCCCCCCCCCCC)OC(=O)CCCCCCCCCCCCCCCCCC(C)C)OC(=O)CCCCCCCCCCCCCCCCCCCCC.